The Balaban J connectivity index is 2.77. The van der Waals surface area contributed by atoms with Crippen LogP contribution in [0, 0.1) is 0 Å². The van der Waals surface area contributed by atoms with E-state index in [4.69, 9.17) is 23.2 Å². The van der Waals surface area contributed by atoms with Crippen molar-refractivity contribution in [1.82, 2.24) is 5.43 Å². The van der Waals surface area contributed by atoms with E-state index in [1.807, 2.05) is 5.43 Å². The standard InChI is InChI=1S/C6H8ClN3OS/c7-4-2-1-3(12-4)5(8)6(11)10-9/h1-2,5H,8-9H2,(H,10,11). The average molecular weight is 206 g/mol. The van der Waals surface area contributed by atoms with Crippen LogP contribution < -0.4 is 17.0 Å². The predicted molar refractivity (Wildman–Crippen MR) is 48.6 cm³/mol. The number of thiophene rings is 1. The normalized spacial score (nSPS) is 12.6. The lowest BCUT2D eigenvalue weighted by molar-refractivity contribution is -0.122. The third-order valence-corrected chi connectivity index (χ3v) is 2.64. The molecule has 0 aliphatic heterocycles. The van der Waals surface area contributed by atoms with Crippen LogP contribution in [0.15, 0.2) is 12.1 Å². The van der Waals surface area contributed by atoms with Crippen LogP contribution in [0.4, 0.5) is 0 Å². The van der Waals surface area contributed by atoms with E-state index in [0.717, 1.165) is 0 Å². The van der Waals surface area contributed by atoms with Gasteiger partial charge in [0.05, 0.1) is 4.34 Å². The van der Waals surface area contributed by atoms with Crippen LogP contribution >= 0.6 is 22.9 Å². The number of hydrogen-bond acceptors (Lipinski definition) is 4. The van der Waals surface area contributed by atoms with Gasteiger partial charge in [0.2, 0.25) is 0 Å². The Hall–Kier alpha value is -0.620. The van der Waals surface area contributed by atoms with E-state index in [0.29, 0.717) is 9.21 Å². The molecule has 0 bridgehead atoms. The highest BCUT2D eigenvalue weighted by atomic mass is 35.5. The van der Waals surface area contributed by atoms with Gasteiger partial charge in [-0.3, -0.25) is 10.2 Å². The summed E-state index contributed by atoms with van der Waals surface area (Å²) in [6.45, 7) is 0. The summed E-state index contributed by atoms with van der Waals surface area (Å²) in [6, 6.07) is 2.66. The molecule has 1 unspecified atom stereocenters. The Morgan fingerprint density at radius 1 is 1.67 bits per heavy atom. The van der Waals surface area contributed by atoms with E-state index < -0.39 is 11.9 Å². The van der Waals surface area contributed by atoms with E-state index in [1.54, 1.807) is 12.1 Å². The molecule has 6 heteroatoms. The van der Waals surface area contributed by atoms with E-state index in [9.17, 15) is 4.79 Å². The smallest absolute Gasteiger partial charge is 0.256 e. The highest BCUT2D eigenvalue weighted by molar-refractivity contribution is 7.16. The number of hydrogen-bond donors (Lipinski definition) is 3. The van der Waals surface area contributed by atoms with Crippen LogP contribution in [0.25, 0.3) is 0 Å². The topological polar surface area (TPSA) is 81.1 Å². The molecule has 1 atom stereocenters. The van der Waals surface area contributed by atoms with Gasteiger partial charge in [-0.2, -0.15) is 0 Å². The van der Waals surface area contributed by atoms with Gasteiger partial charge in [0.15, 0.2) is 0 Å². The highest BCUT2D eigenvalue weighted by Crippen LogP contribution is 2.25. The lowest BCUT2D eigenvalue weighted by Gasteiger charge is -2.05. The third kappa shape index (κ3) is 1.95. The van der Waals surface area contributed by atoms with Crippen LogP contribution in [0.2, 0.25) is 4.34 Å². The second-order valence-corrected chi connectivity index (χ2v) is 3.87. The van der Waals surface area contributed by atoms with Crippen molar-refractivity contribution in [1.29, 1.82) is 0 Å². The summed E-state index contributed by atoms with van der Waals surface area (Å²) >= 11 is 6.92. The molecular weight excluding hydrogens is 198 g/mol. The first kappa shape index (κ1) is 9.47. The molecule has 0 saturated carbocycles. The van der Waals surface area contributed by atoms with Crippen molar-refractivity contribution in [3.05, 3.63) is 21.3 Å². The maximum Gasteiger partial charge on any atom is 0.256 e. The molecule has 0 saturated heterocycles. The fourth-order valence-corrected chi connectivity index (χ4v) is 1.78. The van der Waals surface area contributed by atoms with Crippen molar-refractivity contribution in [3.63, 3.8) is 0 Å². The maximum atomic E-state index is 10.9. The molecule has 0 aliphatic carbocycles. The van der Waals surface area contributed by atoms with Gasteiger partial charge in [0.25, 0.3) is 5.91 Å². The quantitative estimate of drug-likeness (QED) is 0.371. The minimum atomic E-state index is -0.729. The van der Waals surface area contributed by atoms with Crippen LogP contribution in [-0.2, 0) is 4.79 Å². The molecule has 1 heterocycles. The number of nitrogens with one attached hydrogen (secondary N) is 1. The Kier molecular flexibility index (Phi) is 3.05. The lowest BCUT2D eigenvalue weighted by atomic mass is 10.2. The molecule has 66 valence electrons. The second-order valence-electron chi connectivity index (χ2n) is 2.13. The minimum absolute atomic E-state index is 0.423. The second kappa shape index (κ2) is 3.86. The molecule has 1 aromatic heterocycles. The zero-order valence-electron chi connectivity index (χ0n) is 6.08. The summed E-state index contributed by atoms with van der Waals surface area (Å²) in [4.78, 5) is 11.6. The lowest BCUT2D eigenvalue weighted by Crippen LogP contribution is -2.37. The number of halogens is 1. The zero-order valence-corrected chi connectivity index (χ0v) is 7.65. The summed E-state index contributed by atoms with van der Waals surface area (Å²) in [5, 5.41) is 0. The van der Waals surface area contributed by atoms with Crippen molar-refractivity contribution >= 4 is 28.8 Å². The number of amides is 1. The van der Waals surface area contributed by atoms with Crippen molar-refractivity contribution < 1.29 is 4.79 Å². The Morgan fingerprint density at radius 3 is 2.75 bits per heavy atom. The number of nitrogens with two attached hydrogens (primary N) is 2. The summed E-state index contributed by atoms with van der Waals surface area (Å²) in [7, 11) is 0. The van der Waals surface area contributed by atoms with Crippen molar-refractivity contribution in [2.45, 2.75) is 6.04 Å². The summed E-state index contributed by atoms with van der Waals surface area (Å²) in [5.74, 6) is 4.49. The van der Waals surface area contributed by atoms with Gasteiger partial charge in [0, 0.05) is 4.88 Å². The summed E-state index contributed by atoms with van der Waals surface area (Å²) < 4.78 is 0.602. The maximum absolute atomic E-state index is 10.9. The largest absolute Gasteiger partial charge is 0.315 e. The summed E-state index contributed by atoms with van der Waals surface area (Å²) in [5.41, 5.74) is 7.49. The van der Waals surface area contributed by atoms with Crippen molar-refractivity contribution in [3.8, 4) is 0 Å². The molecule has 0 radical (unpaired) electrons. The van der Waals surface area contributed by atoms with Crippen LogP contribution in [0.1, 0.15) is 10.9 Å². The first-order valence-corrected chi connectivity index (χ1v) is 4.36. The molecule has 5 N–H and O–H groups in total. The van der Waals surface area contributed by atoms with E-state index in [2.05, 4.69) is 0 Å². The van der Waals surface area contributed by atoms with E-state index >= 15 is 0 Å². The molecule has 1 aromatic rings. The Morgan fingerprint density at radius 2 is 2.33 bits per heavy atom. The van der Waals surface area contributed by atoms with Crippen LogP contribution in [0.3, 0.4) is 0 Å². The fourth-order valence-electron chi connectivity index (χ4n) is 0.714. The minimum Gasteiger partial charge on any atom is -0.315 e. The average Bonchev–Trinajstić information content (AvgIpc) is 2.49. The number of rotatable bonds is 2. The molecule has 0 aliphatic rings. The third-order valence-electron chi connectivity index (χ3n) is 1.33. The Bertz CT molecular complexity index is 288. The molecule has 1 rings (SSSR count). The van der Waals surface area contributed by atoms with Crippen molar-refractivity contribution in [2.75, 3.05) is 0 Å². The van der Waals surface area contributed by atoms with Gasteiger partial charge >= 0.3 is 0 Å². The number of carbonyl (C=O) groups excluding carboxylic acids is 1. The van der Waals surface area contributed by atoms with Gasteiger partial charge in [-0.1, -0.05) is 11.6 Å². The molecule has 12 heavy (non-hydrogen) atoms. The molecule has 0 spiro atoms. The molecular formula is C6H8ClN3OS. The monoisotopic (exact) mass is 205 g/mol. The fraction of sp³-hybridized carbons (Fsp3) is 0.167. The van der Waals surface area contributed by atoms with Crippen molar-refractivity contribution in [2.24, 2.45) is 11.6 Å². The molecule has 1 amide bonds. The SMILES string of the molecule is NNC(=O)C(N)c1ccc(Cl)s1. The van der Waals surface area contributed by atoms with E-state index in [1.165, 1.54) is 11.3 Å². The van der Waals surface area contributed by atoms with Gasteiger partial charge in [0.1, 0.15) is 6.04 Å². The molecule has 0 aromatic carbocycles. The predicted octanol–water partition coefficient (Wildman–Crippen LogP) is 0.391. The zero-order chi connectivity index (χ0) is 9.14. The van der Waals surface area contributed by atoms with Gasteiger partial charge in [-0.25, -0.2) is 5.84 Å². The van der Waals surface area contributed by atoms with Gasteiger partial charge < -0.3 is 5.73 Å². The van der Waals surface area contributed by atoms with Crippen LogP contribution in [-0.4, -0.2) is 5.91 Å². The number of carbonyl (C=O) groups is 1. The summed E-state index contributed by atoms with van der Waals surface area (Å²) in [6.07, 6.45) is 0. The van der Waals surface area contributed by atoms with Gasteiger partial charge in [-0.15, -0.1) is 11.3 Å². The Labute approximate surface area is 78.5 Å². The first-order chi connectivity index (χ1) is 5.65. The van der Waals surface area contributed by atoms with Crippen LogP contribution in [0.5, 0.6) is 0 Å². The highest BCUT2D eigenvalue weighted by Gasteiger charge is 2.15. The first-order valence-electron chi connectivity index (χ1n) is 3.16. The molecule has 4 nitrogen and oxygen atoms in total. The number of hydrazine groups is 1. The van der Waals surface area contributed by atoms with E-state index in [-0.39, 0.29) is 0 Å². The van der Waals surface area contributed by atoms with Gasteiger partial charge in [-0.05, 0) is 12.1 Å². The molecule has 0 fully saturated rings.